The summed E-state index contributed by atoms with van der Waals surface area (Å²) in [6.45, 7) is 0.456. The van der Waals surface area contributed by atoms with Crippen LogP contribution < -0.4 is 5.32 Å². The summed E-state index contributed by atoms with van der Waals surface area (Å²) in [7, 11) is 0. The molecule has 4 heteroatoms. The van der Waals surface area contributed by atoms with Gasteiger partial charge in [0.15, 0.2) is 0 Å². The molecule has 0 radical (unpaired) electrons. The van der Waals surface area contributed by atoms with Gasteiger partial charge in [-0.1, -0.05) is 24.3 Å². The summed E-state index contributed by atoms with van der Waals surface area (Å²) in [6, 6.07) is 12.1. The molecule has 0 heterocycles. The molecule has 0 aliphatic rings. The first-order chi connectivity index (χ1) is 10.1. The molecule has 2 aromatic rings. The smallest absolute Gasteiger partial charge is 0.244 e. The lowest BCUT2D eigenvalue weighted by Gasteiger charge is -2.02. The van der Waals surface area contributed by atoms with Crippen LogP contribution in [-0.2, 0) is 11.2 Å². The van der Waals surface area contributed by atoms with E-state index in [-0.39, 0.29) is 17.5 Å². The Bertz CT molecular complexity index is 635. The summed E-state index contributed by atoms with van der Waals surface area (Å²) < 4.78 is 25.7. The number of hydrogen-bond donors (Lipinski definition) is 1. The van der Waals surface area contributed by atoms with Crippen LogP contribution in [-0.4, -0.2) is 12.5 Å². The second-order valence-corrected chi connectivity index (χ2v) is 4.56. The third-order valence-electron chi connectivity index (χ3n) is 2.90. The first-order valence-electron chi connectivity index (χ1n) is 6.59. The predicted molar refractivity (Wildman–Crippen MR) is 78.5 cm³/mol. The van der Waals surface area contributed by atoms with E-state index in [2.05, 4.69) is 5.32 Å². The number of hydrogen-bond acceptors (Lipinski definition) is 1. The largest absolute Gasteiger partial charge is 0.352 e. The SMILES string of the molecule is O=C(/C=C/c1cccc(F)c1)NCCc1ccc(F)cc1. The maximum absolute atomic E-state index is 12.9. The van der Waals surface area contributed by atoms with Crippen molar-refractivity contribution in [2.75, 3.05) is 6.54 Å². The molecule has 2 nitrogen and oxygen atoms in total. The number of amides is 1. The molecule has 0 bridgehead atoms. The van der Waals surface area contributed by atoms with Crippen molar-refractivity contribution in [3.63, 3.8) is 0 Å². The fraction of sp³-hybridized carbons (Fsp3) is 0.118. The molecule has 1 amide bonds. The summed E-state index contributed by atoms with van der Waals surface area (Å²) in [5, 5.41) is 2.72. The Labute approximate surface area is 122 Å². The summed E-state index contributed by atoms with van der Waals surface area (Å²) in [6.07, 6.45) is 3.54. The van der Waals surface area contributed by atoms with E-state index in [1.807, 2.05) is 0 Å². The highest BCUT2D eigenvalue weighted by molar-refractivity contribution is 5.91. The zero-order chi connectivity index (χ0) is 15.1. The zero-order valence-electron chi connectivity index (χ0n) is 11.4. The molecule has 2 rings (SSSR count). The molecule has 0 aromatic heterocycles. The van der Waals surface area contributed by atoms with Gasteiger partial charge >= 0.3 is 0 Å². The van der Waals surface area contributed by atoms with Gasteiger partial charge in [-0.3, -0.25) is 4.79 Å². The molecule has 2 aromatic carbocycles. The van der Waals surface area contributed by atoms with Crippen molar-refractivity contribution < 1.29 is 13.6 Å². The molecule has 0 saturated heterocycles. The number of nitrogens with one attached hydrogen (secondary N) is 1. The molecule has 0 atom stereocenters. The highest BCUT2D eigenvalue weighted by atomic mass is 19.1. The highest BCUT2D eigenvalue weighted by Gasteiger charge is 1.98. The zero-order valence-corrected chi connectivity index (χ0v) is 11.4. The van der Waals surface area contributed by atoms with Crippen LogP contribution in [0.4, 0.5) is 8.78 Å². The Balaban J connectivity index is 1.78. The van der Waals surface area contributed by atoms with Gasteiger partial charge in [-0.05, 0) is 47.9 Å². The van der Waals surface area contributed by atoms with E-state index < -0.39 is 0 Å². The minimum Gasteiger partial charge on any atom is -0.352 e. The van der Waals surface area contributed by atoms with E-state index in [4.69, 9.17) is 0 Å². The molecule has 0 fully saturated rings. The molecule has 0 spiro atoms. The molecular formula is C17H15F2NO. The first kappa shape index (κ1) is 14.9. The van der Waals surface area contributed by atoms with Crippen molar-refractivity contribution in [2.45, 2.75) is 6.42 Å². The van der Waals surface area contributed by atoms with Crippen LogP contribution in [0.25, 0.3) is 6.08 Å². The van der Waals surface area contributed by atoms with Crippen molar-refractivity contribution in [2.24, 2.45) is 0 Å². The van der Waals surface area contributed by atoms with E-state index in [0.717, 1.165) is 5.56 Å². The molecular weight excluding hydrogens is 272 g/mol. The lowest BCUT2D eigenvalue weighted by Crippen LogP contribution is -2.23. The van der Waals surface area contributed by atoms with Gasteiger partial charge in [0.05, 0.1) is 0 Å². The molecule has 0 aliphatic carbocycles. The second-order valence-electron chi connectivity index (χ2n) is 4.56. The number of halogens is 2. The Hall–Kier alpha value is -2.49. The highest BCUT2D eigenvalue weighted by Crippen LogP contribution is 2.05. The van der Waals surface area contributed by atoms with Crippen LogP contribution in [0, 0.1) is 11.6 Å². The van der Waals surface area contributed by atoms with Crippen molar-refractivity contribution in [3.8, 4) is 0 Å². The van der Waals surface area contributed by atoms with Crippen LogP contribution >= 0.6 is 0 Å². The van der Waals surface area contributed by atoms with Crippen molar-refractivity contribution >= 4 is 12.0 Å². The van der Waals surface area contributed by atoms with Gasteiger partial charge in [0, 0.05) is 12.6 Å². The third kappa shape index (κ3) is 5.18. The second kappa shape index (κ2) is 7.33. The van der Waals surface area contributed by atoms with E-state index in [9.17, 15) is 13.6 Å². The van der Waals surface area contributed by atoms with Crippen molar-refractivity contribution in [1.29, 1.82) is 0 Å². The molecule has 108 valence electrons. The van der Waals surface area contributed by atoms with Gasteiger partial charge in [0.1, 0.15) is 11.6 Å². The van der Waals surface area contributed by atoms with E-state index in [1.54, 1.807) is 30.3 Å². The fourth-order valence-corrected chi connectivity index (χ4v) is 1.82. The van der Waals surface area contributed by atoms with E-state index in [0.29, 0.717) is 18.5 Å². The maximum atomic E-state index is 12.9. The van der Waals surface area contributed by atoms with Crippen LogP contribution in [0.1, 0.15) is 11.1 Å². The Kier molecular flexibility index (Phi) is 5.21. The molecule has 0 aliphatic heterocycles. The fourth-order valence-electron chi connectivity index (χ4n) is 1.82. The average Bonchev–Trinajstić information content (AvgIpc) is 2.47. The summed E-state index contributed by atoms with van der Waals surface area (Å²) in [4.78, 5) is 11.6. The summed E-state index contributed by atoms with van der Waals surface area (Å²) in [5.41, 5.74) is 1.58. The minimum absolute atomic E-state index is 0.249. The van der Waals surface area contributed by atoms with E-state index >= 15 is 0 Å². The standard InChI is InChI=1S/C17H15F2NO/c18-15-7-4-13(5-8-15)10-11-20-17(21)9-6-14-2-1-3-16(19)12-14/h1-9,12H,10-11H2,(H,20,21)/b9-6+. The van der Waals surface area contributed by atoms with Crippen LogP contribution in [0.2, 0.25) is 0 Å². The Morgan fingerprint density at radius 2 is 1.81 bits per heavy atom. The predicted octanol–water partition coefficient (Wildman–Crippen LogP) is 3.34. The molecule has 0 saturated carbocycles. The Morgan fingerprint density at radius 1 is 1.05 bits per heavy atom. The summed E-state index contributed by atoms with van der Waals surface area (Å²) >= 11 is 0. The number of carbonyl (C=O) groups is 1. The van der Waals surface area contributed by atoms with Crippen LogP contribution in [0.3, 0.4) is 0 Å². The minimum atomic E-state index is -0.339. The lowest BCUT2D eigenvalue weighted by atomic mass is 10.1. The van der Waals surface area contributed by atoms with Gasteiger partial charge in [0.2, 0.25) is 5.91 Å². The first-order valence-corrected chi connectivity index (χ1v) is 6.59. The van der Waals surface area contributed by atoms with Gasteiger partial charge in [-0.2, -0.15) is 0 Å². The van der Waals surface area contributed by atoms with Crippen molar-refractivity contribution in [3.05, 3.63) is 77.4 Å². The number of rotatable bonds is 5. The lowest BCUT2D eigenvalue weighted by molar-refractivity contribution is -0.116. The Morgan fingerprint density at radius 3 is 2.52 bits per heavy atom. The number of carbonyl (C=O) groups excluding carboxylic acids is 1. The number of benzene rings is 2. The molecule has 21 heavy (non-hydrogen) atoms. The van der Waals surface area contributed by atoms with Gasteiger partial charge in [-0.15, -0.1) is 0 Å². The van der Waals surface area contributed by atoms with Gasteiger partial charge in [-0.25, -0.2) is 8.78 Å². The summed E-state index contributed by atoms with van der Waals surface area (Å²) in [5.74, 6) is -0.865. The van der Waals surface area contributed by atoms with Crippen LogP contribution in [0.15, 0.2) is 54.6 Å². The maximum Gasteiger partial charge on any atom is 0.244 e. The normalized spacial score (nSPS) is 10.8. The van der Waals surface area contributed by atoms with Gasteiger partial charge in [0.25, 0.3) is 0 Å². The quantitative estimate of drug-likeness (QED) is 0.840. The third-order valence-corrected chi connectivity index (χ3v) is 2.90. The average molecular weight is 287 g/mol. The molecule has 0 unspecified atom stereocenters. The van der Waals surface area contributed by atoms with Crippen molar-refractivity contribution in [1.82, 2.24) is 5.32 Å². The topological polar surface area (TPSA) is 29.1 Å². The monoisotopic (exact) mass is 287 g/mol. The van der Waals surface area contributed by atoms with E-state index in [1.165, 1.54) is 30.3 Å². The van der Waals surface area contributed by atoms with Gasteiger partial charge < -0.3 is 5.32 Å². The van der Waals surface area contributed by atoms with Crippen LogP contribution in [0.5, 0.6) is 0 Å². The molecule has 1 N–H and O–H groups in total.